The number of aromatic nitrogens is 1. The van der Waals surface area contributed by atoms with Crippen LogP contribution in [-0.2, 0) is 14.4 Å². The maximum absolute atomic E-state index is 12.2. The molecule has 7 nitrogen and oxygen atoms in total. The van der Waals surface area contributed by atoms with Crippen molar-refractivity contribution in [3.05, 3.63) is 72.3 Å². The molecule has 1 heterocycles. The lowest BCUT2D eigenvalue weighted by atomic mass is 10.2. The molecular formula is C24H20N4O3S. The molecule has 32 heavy (non-hydrogen) atoms. The Bertz CT molecular complexity index is 1310. The molecule has 0 spiro atoms. The van der Waals surface area contributed by atoms with E-state index in [2.05, 4.69) is 27.0 Å². The first-order chi connectivity index (χ1) is 15.4. The molecule has 4 aromatic rings. The number of nitrogens with one attached hydrogen (secondary N) is 3. The molecule has 3 aromatic carbocycles. The van der Waals surface area contributed by atoms with Crippen molar-refractivity contribution >= 4 is 56.3 Å². The molecule has 1 aromatic heterocycles. The summed E-state index contributed by atoms with van der Waals surface area (Å²) in [6, 6.07) is 19.8. The van der Waals surface area contributed by atoms with Crippen molar-refractivity contribution in [3.8, 4) is 10.6 Å². The first kappa shape index (κ1) is 21.2. The smallest absolute Gasteiger partial charge is 0.314 e. The summed E-state index contributed by atoms with van der Waals surface area (Å²) in [6.45, 7) is 3.46. The minimum absolute atomic E-state index is 0.189. The van der Waals surface area contributed by atoms with Gasteiger partial charge in [-0.05, 0) is 73.2 Å². The summed E-state index contributed by atoms with van der Waals surface area (Å²) >= 11 is 1.61. The predicted molar refractivity (Wildman–Crippen MR) is 128 cm³/mol. The Kier molecular flexibility index (Phi) is 5.96. The Morgan fingerprint density at radius 1 is 0.750 bits per heavy atom. The average molecular weight is 445 g/mol. The van der Waals surface area contributed by atoms with Gasteiger partial charge in [0.1, 0.15) is 5.01 Å². The summed E-state index contributed by atoms with van der Waals surface area (Å²) in [6.07, 6.45) is 0. The highest BCUT2D eigenvalue weighted by atomic mass is 32.1. The van der Waals surface area contributed by atoms with Crippen molar-refractivity contribution in [1.82, 2.24) is 4.98 Å². The highest BCUT2D eigenvalue weighted by Gasteiger charge is 2.14. The topological polar surface area (TPSA) is 100 Å². The van der Waals surface area contributed by atoms with E-state index in [-0.39, 0.29) is 5.91 Å². The fraction of sp³-hybridized carbons (Fsp3) is 0.0833. The highest BCUT2D eigenvalue weighted by molar-refractivity contribution is 7.21. The van der Waals surface area contributed by atoms with Crippen LogP contribution in [0.2, 0.25) is 0 Å². The van der Waals surface area contributed by atoms with E-state index in [9.17, 15) is 14.4 Å². The number of hydrogen-bond donors (Lipinski definition) is 3. The number of fused-ring (bicyclic) bond motifs is 1. The monoisotopic (exact) mass is 444 g/mol. The molecule has 0 atom stereocenters. The average Bonchev–Trinajstić information content (AvgIpc) is 3.18. The van der Waals surface area contributed by atoms with Gasteiger partial charge in [-0.3, -0.25) is 14.4 Å². The van der Waals surface area contributed by atoms with Gasteiger partial charge in [0, 0.05) is 29.5 Å². The normalized spacial score (nSPS) is 10.6. The molecule has 3 amide bonds. The molecule has 4 rings (SSSR count). The van der Waals surface area contributed by atoms with E-state index in [1.54, 1.807) is 47.7 Å². The standard InChI is InChI=1S/C24H20N4O3S/c1-14-3-12-20-21(13-14)32-24(28-20)16-4-6-18(7-5-16)26-22(30)23(31)27-19-10-8-17(9-11-19)25-15(2)29/h3-13H,1-2H3,(H,25,29)(H,26,30)(H,27,31). The number of thiazole rings is 1. The third-order valence-corrected chi connectivity index (χ3v) is 5.67. The molecule has 0 bridgehead atoms. The zero-order valence-electron chi connectivity index (χ0n) is 17.4. The van der Waals surface area contributed by atoms with Gasteiger partial charge >= 0.3 is 11.8 Å². The van der Waals surface area contributed by atoms with Gasteiger partial charge in [-0.2, -0.15) is 0 Å². The maximum atomic E-state index is 12.2. The molecule has 8 heteroatoms. The Morgan fingerprint density at radius 3 is 1.84 bits per heavy atom. The molecule has 0 saturated heterocycles. The van der Waals surface area contributed by atoms with Crippen LogP contribution in [0, 0.1) is 6.92 Å². The zero-order valence-corrected chi connectivity index (χ0v) is 18.2. The Morgan fingerprint density at radius 2 is 1.28 bits per heavy atom. The second kappa shape index (κ2) is 8.99. The van der Waals surface area contributed by atoms with Crippen LogP contribution in [-0.4, -0.2) is 22.7 Å². The Labute approximate surface area is 188 Å². The number of amides is 3. The number of benzene rings is 3. The molecule has 3 N–H and O–H groups in total. The van der Waals surface area contributed by atoms with E-state index in [0.29, 0.717) is 17.1 Å². The van der Waals surface area contributed by atoms with Crippen molar-refractivity contribution < 1.29 is 14.4 Å². The van der Waals surface area contributed by atoms with E-state index in [4.69, 9.17) is 0 Å². The van der Waals surface area contributed by atoms with Gasteiger partial charge < -0.3 is 16.0 Å². The largest absolute Gasteiger partial charge is 0.326 e. The lowest BCUT2D eigenvalue weighted by molar-refractivity contribution is -0.132. The van der Waals surface area contributed by atoms with Crippen molar-refractivity contribution in [3.63, 3.8) is 0 Å². The third-order valence-electron chi connectivity index (χ3n) is 4.60. The highest BCUT2D eigenvalue weighted by Crippen LogP contribution is 2.31. The number of carbonyl (C=O) groups is 3. The second-order valence-electron chi connectivity index (χ2n) is 7.23. The van der Waals surface area contributed by atoms with Gasteiger partial charge in [0.25, 0.3) is 0 Å². The molecule has 0 saturated carbocycles. The number of anilines is 3. The number of rotatable bonds is 4. The molecule has 0 unspecified atom stereocenters. The molecule has 0 aliphatic carbocycles. The van der Waals surface area contributed by atoms with Gasteiger partial charge in [-0.15, -0.1) is 11.3 Å². The number of aryl methyl sites for hydroxylation is 1. The van der Waals surface area contributed by atoms with Crippen LogP contribution in [0.4, 0.5) is 17.1 Å². The van der Waals surface area contributed by atoms with Gasteiger partial charge in [-0.25, -0.2) is 4.98 Å². The molecule has 0 radical (unpaired) electrons. The van der Waals surface area contributed by atoms with E-state index >= 15 is 0 Å². The quantitative estimate of drug-likeness (QED) is 0.393. The minimum Gasteiger partial charge on any atom is -0.326 e. The summed E-state index contributed by atoms with van der Waals surface area (Å²) in [5, 5.41) is 8.64. The lowest BCUT2D eigenvalue weighted by Gasteiger charge is -2.08. The van der Waals surface area contributed by atoms with Crippen LogP contribution in [0.25, 0.3) is 20.8 Å². The predicted octanol–water partition coefficient (Wildman–Crippen LogP) is 4.81. The SMILES string of the molecule is CC(=O)Nc1ccc(NC(=O)C(=O)Nc2ccc(-c3nc4ccc(C)cc4s3)cc2)cc1. The number of nitrogens with zero attached hydrogens (tertiary/aromatic N) is 1. The van der Waals surface area contributed by atoms with E-state index < -0.39 is 11.8 Å². The van der Waals surface area contributed by atoms with Gasteiger partial charge in [0.05, 0.1) is 10.2 Å². The van der Waals surface area contributed by atoms with E-state index in [0.717, 1.165) is 20.8 Å². The van der Waals surface area contributed by atoms with Crippen LogP contribution < -0.4 is 16.0 Å². The fourth-order valence-corrected chi connectivity index (χ4v) is 4.14. The van der Waals surface area contributed by atoms with Crippen LogP contribution in [0.5, 0.6) is 0 Å². The lowest BCUT2D eigenvalue weighted by Crippen LogP contribution is -2.29. The van der Waals surface area contributed by atoms with Gasteiger partial charge in [0.2, 0.25) is 5.91 Å². The zero-order chi connectivity index (χ0) is 22.7. The molecule has 0 aliphatic rings. The first-order valence-corrected chi connectivity index (χ1v) is 10.7. The number of hydrogen-bond acceptors (Lipinski definition) is 5. The summed E-state index contributed by atoms with van der Waals surface area (Å²) in [7, 11) is 0. The van der Waals surface area contributed by atoms with Crippen molar-refractivity contribution in [2.75, 3.05) is 16.0 Å². The minimum atomic E-state index is -0.789. The van der Waals surface area contributed by atoms with Crippen molar-refractivity contribution in [2.24, 2.45) is 0 Å². The molecular weight excluding hydrogens is 424 g/mol. The van der Waals surface area contributed by atoms with Crippen LogP contribution in [0.1, 0.15) is 12.5 Å². The molecule has 0 aliphatic heterocycles. The van der Waals surface area contributed by atoms with Crippen molar-refractivity contribution in [2.45, 2.75) is 13.8 Å². The van der Waals surface area contributed by atoms with E-state index in [1.165, 1.54) is 12.5 Å². The van der Waals surface area contributed by atoms with Crippen LogP contribution >= 0.6 is 11.3 Å². The summed E-state index contributed by atoms with van der Waals surface area (Å²) < 4.78 is 1.12. The van der Waals surface area contributed by atoms with E-state index in [1.807, 2.05) is 31.2 Å². The summed E-state index contributed by atoms with van der Waals surface area (Å²) in [5.41, 5.74) is 4.63. The second-order valence-corrected chi connectivity index (χ2v) is 8.26. The number of carbonyl (C=O) groups excluding carboxylic acids is 3. The molecule has 160 valence electrons. The maximum Gasteiger partial charge on any atom is 0.314 e. The Balaban J connectivity index is 1.38. The summed E-state index contributed by atoms with van der Waals surface area (Å²) in [5.74, 6) is -1.76. The van der Waals surface area contributed by atoms with Crippen LogP contribution in [0.3, 0.4) is 0 Å². The summed E-state index contributed by atoms with van der Waals surface area (Å²) in [4.78, 5) is 40.1. The molecule has 0 fully saturated rings. The van der Waals surface area contributed by atoms with Crippen molar-refractivity contribution in [1.29, 1.82) is 0 Å². The fourth-order valence-electron chi connectivity index (χ4n) is 3.07. The Hall–Kier alpha value is -4.04. The van der Waals surface area contributed by atoms with Crippen LogP contribution in [0.15, 0.2) is 66.7 Å². The third kappa shape index (κ3) is 4.98. The van der Waals surface area contributed by atoms with Gasteiger partial charge in [-0.1, -0.05) is 6.07 Å². The first-order valence-electron chi connectivity index (χ1n) is 9.85. The van der Waals surface area contributed by atoms with Gasteiger partial charge in [0.15, 0.2) is 0 Å².